The number of ether oxygens (including phenoxy) is 4. The third-order valence-corrected chi connectivity index (χ3v) is 4.35. The van der Waals surface area contributed by atoms with Crippen LogP contribution in [-0.4, -0.2) is 33.8 Å². The van der Waals surface area contributed by atoms with Crippen LogP contribution < -0.4 is 24.3 Å². The van der Waals surface area contributed by atoms with Gasteiger partial charge in [-0.25, -0.2) is 0 Å². The Kier molecular flexibility index (Phi) is 7.15. The molecule has 2 aromatic rings. The van der Waals surface area contributed by atoms with E-state index in [4.69, 9.17) is 18.9 Å². The normalized spacial score (nSPS) is 10.9. The zero-order valence-electron chi connectivity index (χ0n) is 17.4. The van der Waals surface area contributed by atoms with Crippen LogP contribution in [0.25, 0.3) is 0 Å². The number of nitrogens with one attached hydrogen (secondary N) is 1. The Balaban J connectivity index is 1.94. The second-order valence-corrected chi connectivity index (χ2v) is 7.36. The molecule has 152 valence electrons. The lowest BCUT2D eigenvalue weighted by Crippen LogP contribution is -2.28. The predicted molar refractivity (Wildman–Crippen MR) is 109 cm³/mol. The van der Waals surface area contributed by atoms with Gasteiger partial charge < -0.3 is 24.3 Å². The molecule has 2 rings (SSSR count). The summed E-state index contributed by atoms with van der Waals surface area (Å²) in [6, 6.07) is 11.3. The van der Waals surface area contributed by atoms with Crippen molar-refractivity contribution in [2.75, 3.05) is 27.9 Å². The van der Waals surface area contributed by atoms with E-state index in [1.165, 1.54) is 5.56 Å². The average molecular weight is 387 g/mol. The van der Waals surface area contributed by atoms with Gasteiger partial charge in [0.1, 0.15) is 11.5 Å². The smallest absolute Gasteiger partial charge is 0.258 e. The molecular weight excluding hydrogens is 358 g/mol. The molecule has 0 unspecified atom stereocenters. The number of methoxy groups -OCH3 is 3. The minimum absolute atomic E-state index is 0.0650. The number of rotatable bonds is 8. The van der Waals surface area contributed by atoms with Crippen LogP contribution in [-0.2, 0) is 16.8 Å². The molecule has 0 heterocycles. The molecule has 0 radical (unpaired) electrons. The highest BCUT2D eigenvalue weighted by atomic mass is 16.5. The fraction of sp³-hybridized carbons (Fsp3) is 0.409. The van der Waals surface area contributed by atoms with Crippen molar-refractivity contribution >= 4 is 5.91 Å². The van der Waals surface area contributed by atoms with Crippen LogP contribution in [0.4, 0.5) is 0 Å². The van der Waals surface area contributed by atoms with E-state index in [0.29, 0.717) is 23.0 Å². The van der Waals surface area contributed by atoms with E-state index in [2.05, 4.69) is 26.1 Å². The van der Waals surface area contributed by atoms with Gasteiger partial charge in [0.2, 0.25) is 0 Å². The summed E-state index contributed by atoms with van der Waals surface area (Å²) in [4.78, 5) is 12.2. The first-order valence-electron chi connectivity index (χ1n) is 9.07. The van der Waals surface area contributed by atoms with E-state index in [1.807, 2.05) is 24.3 Å². The van der Waals surface area contributed by atoms with Gasteiger partial charge in [0.25, 0.3) is 5.91 Å². The summed E-state index contributed by atoms with van der Waals surface area (Å²) in [7, 11) is 4.69. The topological polar surface area (TPSA) is 66.0 Å². The number of carbonyl (C=O) groups excluding carboxylic acids is 1. The van der Waals surface area contributed by atoms with E-state index < -0.39 is 0 Å². The minimum atomic E-state index is -0.225. The number of carbonyl (C=O) groups is 1. The van der Waals surface area contributed by atoms with Crippen LogP contribution in [0, 0.1) is 0 Å². The maximum Gasteiger partial charge on any atom is 0.258 e. The van der Waals surface area contributed by atoms with Gasteiger partial charge in [0, 0.05) is 18.2 Å². The first-order chi connectivity index (χ1) is 13.3. The van der Waals surface area contributed by atoms with Gasteiger partial charge >= 0.3 is 0 Å². The maximum absolute atomic E-state index is 12.2. The maximum atomic E-state index is 12.2. The summed E-state index contributed by atoms with van der Waals surface area (Å²) in [5, 5.41) is 2.83. The first kappa shape index (κ1) is 21.4. The number of hydrogen-bond acceptors (Lipinski definition) is 5. The molecule has 0 saturated heterocycles. The standard InChI is InChI=1S/C22H29NO5/c1-22(2,3)16-7-9-17(10-8-16)28-14-21(24)23-13-15-11-19(26-5)20(27-6)12-18(15)25-4/h7-12H,13-14H2,1-6H3,(H,23,24). The molecule has 2 aromatic carbocycles. The van der Waals surface area contributed by atoms with E-state index >= 15 is 0 Å². The van der Waals surface area contributed by atoms with Gasteiger partial charge in [-0.2, -0.15) is 0 Å². The van der Waals surface area contributed by atoms with Gasteiger partial charge in [-0.1, -0.05) is 32.9 Å². The molecule has 0 aliphatic heterocycles. The second-order valence-electron chi connectivity index (χ2n) is 7.36. The average Bonchev–Trinajstić information content (AvgIpc) is 2.69. The van der Waals surface area contributed by atoms with Crippen LogP contribution in [0.5, 0.6) is 23.0 Å². The van der Waals surface area contributed by atoms with Crippen molar-refractivity contribution in [2.45, 2.75) is 32.7 Å². The Bertz CT molecular complexity index is 794. The molecule has 1 N–H and O–H groups in total. The van der Waals surface area contributed by atoms with Crippen molar-refractivity contribution in [2.24, 2.45) is 0 Å². The lowest BCUT2D eigenvalue weighted by Gasteiger charge is -2.19. The summed E-state index contributed by atoms with van der Waals surface area (Å²) >= 11 is 0. The lowest BCUT2D eigenvalue weighted by molar-refractivity contribution is -0.123. The number of amides is 1. The zero-order chi connectivity index (χ0) is 20.7. The third-order valence-electron chi connectivity index (χ3n) is 4.35. The fourth-order valence-electron chi connectivity index (χ4n) is 2.68. The Morgan fingerprint density at radius 1 is 0.893 bits per heavy atom. The van der Waals surface area contributed by atoms with Crippen molar-refractivity contribution in [1.29, 1.82) is 0 Å². The van der Waals surface area contributed by atoms with Crippen molar-refractivity contribution in [3.63, 3.8) is 0 Å². The van der Waals surface area contributed by atoms with Crippen LogP contribution >= 0.6 is 0 Å². The molecule has 6 nitrogen and oxygen atoms in total. The van der Waals surface area contributed by atoms with Crippen LogP contribution in [0.3, 0.4) is 0 Å². The van der Waals surface area contributed by atoms with Gasteiger partial charge in [-0.05, 0) is 29.2 Å². The minimum Gasteiger partial charge on any atom is -0.496 e. The van der Waals surface area contributed by atoms with Crippen molar-refractivity contribution in [3.05, 3.63) is 47.5 Å². The zero-order valence-corrected chi connectivity index (χ0v) is 17.4. The van der Waals surface area contributed by atoms with Gasteiger partial charge in [-0.15, -0.1) is 0 Å². The van der Waals surface area contributed by atoms with E-state index in [9.17, 15) is 4.79 Å². The van der Waals surface area contributed by atoms with Crippen molar-refractivity contribution in [3.8, 4) is 23.0 Å². The molecule has 0 aromatic heterocycles. The molecule has 0 aliphatic rings. The largest absolute Gasteiger partial charge is 0.496 e. The molecule has 1 amide bonds. The molecule has 0 saturated carbocycles. The summed E-state index contributed by atoms with van der Waals surface area (Å²) < 4.78 is 21.5. The molecular formula is C22H29NO5. The molecule has 0 fully saturated rings. The summed E-state index contributed by atoms with van der Waals surface area (Å²) in [5.74, 6) is 2.18. The quantitative estimate of drug-likeness (QED) is 0.748. The molecule has 28 heavy (non-hydrogen) atoms. The van der Waals surface area contributed by atoms with Gasteiger partial charge in [0.15, 0.2) is 18.1 Å². The summed E-state index contributed by atoms with van der Waals surface area (Å²) in [6.07, 6.45) is 0. The summed E-state index contributed by atoms with van der Waals surface area (Å²) in [5.41, 5.74) is 2.07. The van der Waals surface area contributed by atoms with Crippen molar-refractivity contribution in [1.82, 2.24) is 5.32 Å². The van der Waals surface area contributed by atoms with E-state index in [-0.39, 0.29) is 24.5 Å². The van der Waals surface area contributed by atoms with Gasteiger partial charge in [0.05, 0.1) is 21.3 Å². The second kappa shape index (κ2) is 9.35. The van der Waals surface area contributed by atoms with Gasteiger partial charge in [-0.3, -0.25) is 4.79 Å². The Morgan fingerprint density at radius 3 is 2.00 bits per heavy atom. The summed E-state index contributed by atoms with van der Waals surface area (Å²) in [6.45, 7) is 6.68. The number of benzene rings is 2. The fourth-order valence-corrected chi connectivity index (χ4v) is 2.68. The molecule has 6 heteroatoms. The Hall–Kier alpha value is -2.89. The molecule has 0 aliphatic carbocycles. The van der Waals surface area contributed by atoms with E-state index in [0.717, 1.165) is 5.56 Å². The monoisotopic (exact) mass is 387 g/mol. The Labute approximate surface area is 166 Å². The third kappa shape index (κ3) is 5.55. The van der Waals surface area contributed by atoms with E-state index in [1.54, 1.807) is 33.5 Å². The Morgan fingerprint density at radius 2 is 1.46 bits per heavy atom. The molecule has 0 atom stereocenters. The van der Waals surface area contributed by atoms with Crippen LogP contribution in [0.1, 0.15) is 31.9 Å². The predicted octanol–water partition coefficient (Wildman–Crippen LogP) is 3.71. The lowest BCUT2D eigenvalue weighted by atomic mass is 9.87. The SMILES string of the molecule is COc1cc(OC)c(OC)cc1CNC(=O)COc1ccc(C(C)(C)C)cc1. The highest BCUT2D eigenvalue weighted by Gasteiger charge is 2.14. The molecule has 0 spiro atoms. The highest BCUT2D eigenvalue weighted by Crippen LogP contribution is 2.34. The number of hydrogen-bond donors (Lipinski definition) is 1. The van der Waals surface area contributed by atoms with Crippen LogP contribution in [0.2, 0.25) is 0 Å². The van der Waals surface area contributed by atoms with Crippen molar-refractivity contribution < 1.29 is 23.7 Å². The first-order valence-corrected chi connectivity index (χ1v) is 9.07. The highest BCUT2D eigenvalue weighted by molar-refractivity contribution is 5.77. The van der Waals surface area contributed by atoms with Crippen LogP contribution in [0.15, 0.2) is 36.4 Å². The molecule has 0 bridgehead atoms.